The minimum Gasteiger partial charge on any atom is -0.480 e. The second-order valence-corrected chi connectivity index (χ2v) is 5.60. The molecule has 0 saturated carbocycles. The zero-order chi connectivity index (χ0) is 17.1. The van der Waals surface area contributed by atoms with Crippen LogP contribution in [0.3, 0.4) is 0 Å². The van der Waals surface area contributed by atoms with Crippen molar-refractivity contribution in [2.45, 2.75) is 38.8 Å². The maximum atomic E-state index is 13.5. The highest BCUT2D eigenvalue weighted by Gasteiger charge is 2.25. The first kappa shape index (κ1) is 17.8. The third-order valence-electron chi connectivity index (χ3n) is 2.50. The number of rotatable bonds is 4. The number of amides is 1. The standard InChI is InChI=1S/C14H16F3NO4/c1-14(2,3)22-13(21)18-11(12(19)20)5-7-4-9(16)10(17)6-8(7)15/h4,6,11H,5H2,1-3H3,(H,18,21)(H,19,20)/t11-/m0/s1. The van der Waals surface area contributed by atoms with E-state index in [-0.39, 0.29) is 5.56 Å². The van der Waals surface area contributed by atoms with Gasteiger partial charge in [0.25, 0.3) is 0 Å². The zero-order valence-electron chi connectivity index (χ0n) is 12.2. The number of nitrogens with one attached hydrogen (secondary N) is 1. The summed E-state index contributed by atoms with van der Waals surface area (Å²) < 4.78 is 44.3. The molecule has 1 aromatic carbocycles. The van der Waals surface area contributed by atoms with Gasteiger partial charge in [-0.2, -0.15) is 0 Å². The molecule has 0 aliphatic carbocycles. The number of hydrogen-bond acceptors (Lipinski definition) is 3. The molecule has 0 heterocycles. The third kappa shape index (κ3) is 5.27. The quantitative estimate of drug-likeness (QED) is 0.837. The molecule has 1 amide bonds. The summed E-state index contributed by atoms with van der Waals surface area (Å²) >= 11 is 0. The van der Waals surface area contributed by atoms with Crippen LogP contribution in [0, 0.1) is 17.5 Å². The van der Waals surface area contributed by atoms with Crippen LogP contribution in [-0.4, -0.2) is 28.8 Å². The number of aliphatic carboxylic acids is 1. The SMILES string of the molecule is CC(C)(C)OC(=O)N[C@@H](Cc1cc(F)c(F)cc1F)C(=O)O. The highest BCUT2D eigenvalue weighted by molar-refractivity contribution is 5.80. The molecule has 1 atom stereocenters. The highest BCUT2D eigenvalue weighted by Crippen LogP contribution is 2.16. The average Bonchev–Trinajstić information content (AvgIpc) is 2.32. The summed E-state index contributed by atoms with van der Waals surface area (Å²) in [5.41, 5.74) is -1.22. The lowest BCUT2D eigenvalue weighted by molar-refractivity contribution is -0.139. The fourth-order valence-corrected chi connectivity index (χ4v) is 1.59. The van der Waals surface area contributed by atoms with Crippen LogP contribution in [-0.2, 0) is 16.0 Å². The number of ether oxygens (including phenoxy) is 1. The fourth-order valence-electron chi connectivity index (χ4n) is 1.59. The molecule has 0 bridgehead atoms. The largest absolute Gasteiger partial charge is 0.480 e. The molecule has 2 N–H and O–H groups in total. The Kier molecular flexibility index (Phi) is 5.40. The van der Waals surface area contributed by atoms with Crippen molar-refractivity contribution in [1.82, 2.24) is 5.32 Å². The Bertz CT molecular complexity index is 584. The van der Waals surface area contributed by atoms with Crippen LogP contribution in [0.25, 0.3) is 0 Å². The highest BCUT2D eigenvalue weighted by atomic mass is 19.2. The minimum atomic E-state index is -1.55. The fraction of sp³-hybridized carbons (Fsp3) is 0.429. The molecule has 8 heteroatoms. The van der Waals surface area contributed by atoms with Crippen molar-refractivity contribution in [2.75, 3.05) is 0 Å². The van der Waals surface area contributed by atoms with E-state index in [9.17, 15) is 22.8 Å². The third-order valence-corrected chi connectivity index (χ3v) is 2.50. The minimum absolute atomic E-state index is 0.317. The summed E-state index contributed by atoms with van der Waals surface area (Å²) in [6.07, 6.45) is -1.57. The average molecular weight is 319 g/mol. The lowest BCUT2D eigenvalue weighted by atomic mass is 10.1. The maximum absolute atomic E-state index is 13.5. The van der Waals surface area contributed by atoms with E-state index in [0.717, 1.165) is 0 Å². The number of carboxylic acid groups (broad SMARTS) is 1. The Morgan fingerprint density at radius 1 is 1.18 bits per heavy atom. The number of benzene rings is 1. The van der Waals surface area contributed by atoms with Crippen molar-refractivity contribution in [3.63, 3.8) is 0 Å². The molecular formula is C14H16F3NO4. The van der Waals surface area contributed by atoms with Crippen molar-refractivity contribution < 1.29 is 32.6 Å². The normalized spacial score (nSPS) is 12.6. The van der Waals surface area contributed by atoms with Gasteiger partial charge in [-0.1, -0.05) is 0 Å². The van der Waals surface area contributed by atoms with Crippen LogP contribution in [0.5, 0.6) is 0 Å². The number of halogens is 3. The second kappa shape index (κ2) is 6.67. The van der Waals surface area contributed by atoms with Crippen LogP contribution in [0.1, 0.15) is 26.3 Å². The van der Waals surface area contributed by atoms with E-state index in [1.807, 2.05) is 5.32 Å². The first-order chi connectivity index (χ1) is 9.99. The topological polar surface area (TPSA) is 75.6 Å². The van der Waals surface area contributed by atoms with Crippen LogP contribution in [0.2, 0.25) is 0 Å². The van der Waals surface area contributed by atoms with Gasteiger partial charge >= 0.3 is 12.1 Å². The van der Waals surface area contributed by atoms with Gasteiger partial charge in [0.2, 0.25) is 0 Å². The predicted octanol–water partition coefficient (Wildman–Crippen LogP) is 2.62. The van der Waals surface area contributed by atoms with Gasteiger partial charge in [-0.3, -0.25) is 0 Å². The first-order valence-electron chi connectivity index (χ1n) is 6.35. The van der Waals surface area contributed by atoms with Crippen LogP contribution in [0.15, 0.2) is 12.1 Å². The van der Waals surface area contributed by atoms with Crippen molar-refractivity contribution >= 4 is 12.1 Å². The zero-order valence-corrected chi connectivity index (χ0v) is 12.2. The van der Waals surface area contributed by atoms with Crippen molar-refractivity contribution in [1.29, 1.82) is 0 Å². The predicted molar refractivity (Wildman–Crippen MR) is 70.8 cm³/mol. The van der Waals surface area contributed by atoms with Gasteiger partial charge in [-0.25, -0.2) is 22.8 Å². The Labute approximate surface area is 125 Å². The summed E-state index contributed by atoms with van der Waals surface area (Å²) in [4.78, 5) is 22.7. The molecular weight excluding hydrogens is 303 g/mol. The Hall–Kier alpha value is -2.25. The summed E-state index contributed by atoms with van der Waals surface area (Å²) in [5.74, 6) is -5.25. The molecule has 0 unspecified atom stereocenters. The van der Waals surface area contributed by atoms with E-state index in [1.54, 1.807) is 20.8 Å². The molecule has 0 spiro atoms. The summed E-state index contributed by atoms with van der Waals surface area (Å²) in [7, 11) is 0. The van der Waals surface area contributed by atoms with Gasteiger partial charge in [0.15, 0.2) is 11.6 Å². The monoisotopic (exact) mass is 319 g/mol. The van der Waals surface area contributed by atoms with E-state index in [4.69, 9.17) is 9.84 Å². The van der Waals surface area contributed by atoms with E-state index in [2.05, 4.69) is 0 Å². The number of carbonyl (C=O) groups excluding carboxylic acids is 1. The number of carboxylic acids is 1. The number of carbonyl (C=O) groups is 2. The Balaban J connectivity index is 2.88. The smallest absolute Gasteiger partial charge is 0.408 e. The van der Waals surface area contributed by atoms with Crippen molar-refractivity contribution in [3.8, 4) is 0 Å². The molecule has 5 nitrogen and oxygen atoms in total. The molecule has 0 saturated heterocycles. The molecule has 0 aliphatic rings. The Morgan fingerprint density at radius 2 is 1.73 bits per heavy atom. The lowest BCUT2D eigenvalue weighted by Gasteiger charge is -2.22. The molecule has 1 rings (SSSR count). The van der Waals surface area contributed by atoms with Crippen LogP contribution < -0.4 is 5.32 Å². The van der Waals surface area contributed by atoms with E-state index in [1.165, 1.54) is 0 Å². The van der Waals surface area contributed by atoms with Gasteiger partial charge in [0, 0.05) is 12.5 Å². The molecule has 0 aromatic heterocycles. The molecule has 0 fully saturated rings. The van der Waals surface area contributed by atoms with E-state index < -0.39 is 47.6 Å². The van der Waals surface area contributed by atoms with E-state index in [0.29, 0.717) is 12.1 Å². The van der Waals surface area contributed by atoms with E-state index >= 15 is 0 Å². The number of alkyl carbamates (subject to hydrolysis) is 1. The second-order valence-electron chi connectivity index (χ2n) is 5.60. The van der Waals surface area contributed by atoms with Gasteiger partial charge < -0.3 is 15.2 Å². The molecule has 122 valence electrons. The summed E-state index contributed by atoms with van der Waals surface area (Å²) in [6, 6.07) is -0.678. The first-order valence-corrected chi connectivity index (χ1v) is 6.35. The summed E-state index contributed by atoms with van der Waals surface area (Å²) in [6.45, 7) is 4.74. The number of hydrogen-bond donors (Lipinski definition) is 2. The van der Waals surface area contributed by atoms with Crippen molar-refractivity contribution in [3.05, 3.63) is 35.1 Å². The molecule has 0 radical (unpaired) electrons. The van der Waals surface area contributed by atoms with Gasteiger partial charge in [0.1, 0.15) is 17.5 Å². The van der Waals surface area contributed by atoms with Gasteiger partial charge in [-0.05, 0) is 32.4 Å². The molecule has 1 aromatic rings. The summed E-state index contributed by atoms with van der Waals surface area (Å²) in [5, 5.41) is 11.1. The van der Waals surface area contributed by atoms with Crippen LogP contribution in [0.4, 0.5) is 18.0 Å². The maximum Gasteiger partial charge on any atom is 0.408 e. The molecule has 0 aliphatic heterocycles. The molecule has 22 heavy (non-hydrogen) atoms. The Morgan fingerprint density at radius 3 is 2.23 bits per heavy atom. The van der Waals surface area contributed by atoms with Gasteiger partial charge in [0.05, 0.1) is 0 Å². The van der Waals surface area contributed by atoms with Gasteiger partial charge in [-0.15, -0.1) is 0 Å². The lowest BCUT2D eigenvalue weighted by Crippen LogP contribution is -2.44. The van der Waals surface area contributed by atoms with Crippen molar-refractivity contribution in [2.24, 2.45) is 0 Å². The van der Waals surface area contributed by atoms with Crippen LogP contribution >= 0.6 is 0 Å².